The molecule has 0 radical (unpaired) electrons. The largest absolute Gasteiger partial charge is 0.455 e. The first-order chi connectivity index (χ1) is 24.1. The molecule has 3 aliphatic rings. The zero-order chi connectivity index (χ0) is 36.4. The van der Waals surface area contributed by atoms with Crippen molar-refractivity contribution in [1.82, 2.24) is 14.7 Å². The topological polar surface area (TPSA) is 117 Å². The summed E-state index contributed by atoms with van der Waals surface area (Å²) in [5, 5.41) is 9.27. The lowest BCUT2D eigenvalue weighted by Crippen LogP contribution is -2.57. The highest BCUT2D eigenvalue weighted by Gasteiger charge is 2.77. The van der Waals surface area contributed by atoms with E-state index in [9.17, 15) is 24.3 Å². The molecule has 1 aromatic rings. The van der Waals surface area contributed by atoms with Crippen molar-refractivity contribution in [3.63, 3.8) is 0 Å². The van der Waals surface area contributed by atoms with Crippen LogP contribution in [0, 0.1) is 11.8 Å². The number of aliphatic hydroxyl groups excluding tert-OH is 1. The van der Waals surface area contributed by atoms with Crippen LogP contribution in [0.15, 0.2) is 55.6 Å². The molecule has 1 spiro atoms. The first kappa shape index (κ1) is 39.8. The molecule has 8 atom stereocenters. The molecule has 1 N–H and O–H groups in total. The van der Waals surface area contributed by atoms with Gasteiger partial charge < -0.3 is 29.3 Å². The molecule has 3 saturated heterocycles. The highest BCUT2D eigenvalue weighted by molar-refractivity contribution is 9.09. The van der Waals surface area contributed by atoms with Crippen molar-refractivity contribution in [3.05, 3.63) is 61.2 Å². The van der Waals surface area contributed by atoms with E-state index >= 15 is 0 Å². The standard InChI is InChI=1S/C39H56BrN3O7/c1-6-9-16-23-42(22-8-3)37(47)35-39-26-29(40)34(50-39)31(32(39)36(46)43(35)24-17-11-12-18-25-44)38(48)49-33(28-19-14-13-15-20-28)27(4)41(5)30(45)21-10-7-2/h7-8,13-15,19-20,27,29,31-35,44H,2-3,6,9-12,16-18,21-26H2,1,4-5H3/t27-,29?,31-,32+,33+,34-,35-,39+/m1/s1. The Kier molecular flexibility index (Phi) is 14.7. The van der Waals surface area contributed by atoms with Crippen LogP contribution in [-0.2, 0) is 28.7 Å². The molecule has 10 nitrogen and oxygen atoms in total. The number of hydrogen-bond donors (Lipinski definition) is 1. The molecule has 50 heavy (non-hydrogen) atoms. The maximum absolute atomic E-state index is 14.6. The number of ether oxygens (including phenoxy) is 2. The molecular weight excluding hydrogens is 702 g/mol. The van der Waals surface area contributed by atoms with Crippen LogP contribution in [0.2, 0.25) is 0 Å². The Hall–Kier alpha value is -3.02. The average molecular weight is 759 g/mol. The molecule has 1 aromatic carbocycles. The minimum Gasteiger partial charge on any atom is -0.455 e. The summed E-state index contributed by atoms with van der Waals surface area (Å²) in [5.74, 6) is -2.95. The number of unbranched alkanes of at least 4 members (excludes halogenated alkanes) is 5. The van der Waals surface area contributed by atoms with Gasteiger partial charge in [-0.15, -0.1) is 13.2 Å². The van der Waals surface area contributed by atoms with Gasteiger partial charge in [0.25, 0.3) is 0 Å². The number of allylic oxidation sites excluding steroid dienone is 1. The lowest BCUT2D eigenvalue weighted by molar-refractivity contribution is -0.164. The van der Waals surface area contributed by atoms with Gasteiger partial charge in [0.1, 0.15) is 17.7 Å². The van der Waals surface area contributed by atoms with E-state index in [4.69, 9.17) is 9.47 Å². The molecule has 0 aliphatic carbocycles. The summed E-state index contributed by atoms with van der Waals surface area (Å²) in [4.78, 5) is 61.5. The Labute approximate surface area is 306 Å². The van der Waals surface area contributed by atoms with E-state index in [1.54, 1.807) is 33.9 Å². The smallest absolute Gasteiger partial charge is 0.313 e. The summed E-state index contributed by atoms with van der Waals surface area (Å²) in [6.45, 7) is 12.9. The fraction of sp³-hybridized carbons (Fsp3) is 0.641. The van der Waals surface area contributed by atoms with Gasteiger partial charge in [0.2, 0.25) is 17.7 Å². The third-order valence-electron chi connectivity index (χ3n) is 10.7. The number of likely N-dealkylation sites (tertiary alicyclic amines) is 1. The van der Waals surface area contributed by atoms with E-state index in [-0.39, 0.29) is 35.6 Å². The van der Waals surface area contributed by atoms with Gasteiger partial charge in [-0.1, -0.05) is 91.0 Å². The summed E-state index contributed by atoms with van der Waals surface area (Å²) in [5.41, 5.74) is -0.467. The van der Waals surface area contributed by atoms with Gasteiger partial charge in [0.15, 0.2) is 0 Å². The lowest BCUT2D eigenvalue weighted by Gasteiger charge is -2.37. The fourth-order valence-electron chi connectivity index (χ4n) is 7.96. The Morgan fingerprint density at radius 2 is 1.84 bits per heavy atom. The number of aliphatic hydroxyl groups is 1. The van der Waals surface area contributed by atoms with Gasteiger partial charge in [-0.05, 0) is 44.6 Å². The number of rotatable bonds is 21. The van der Waals surface area contributed by atoms with Gasteiger partial charge in [-0.25, -0.2) is 0 Å². The molecular formula is C39H56BrN3O7. The van der Waals surface area contributed by atoms with E-state index in [0.717, 1.165) is 37.7 Å². The predicted octanol–water partition coefficient (Wildman–Crippen LogP) is 5.59. The zero-order valence-electron chi connectivity index (χ0n) is 30.0. The number of hydrogen-bond acceptors (Lipinski definition) is 7. The Balaban J connectivity index is 1.68. The molecule has 2 bridgehead atoms. The van der Waals surface area contributed by atoms with Crippen LogP contribution in [0.1, 0.15) is 89.7 Å². The Bertz CT molecular complexity index is 1340. The number of nitrogens with zero attached hydrogens (tertiary/aromatic N) is 3. The number of alkyl halides is 1. The monoisotopic (exact) mass is 757 g/mol. The highest BCUT2D eigenvalue weighted by Crippen LogP contribution is 2.60. The number of fused-ring (bicyclic) bond motifs is 1. The van der Waals surface area contributed by atoms with E-state index in [0.29, 0.717) is 45.3 Å². The zero-order valence-corrected chi connectivity index (χ0v) is 31.6. The van der Waals surface area contributed by atoms with Crippen molar-refractivity contribution >= 4 is 39.6 Å². The first-order valence-electron chi connectivity index (χ1n) is 18.3. The number of halogens is 1. The molecule has 11 heteroatoms. The maximum atomic E-state index is 14.6. The highest BCUT2D eigenvalue weighted by atomic mass is 79.9. The third kappa shape index (κ3) is 8.37. The fourth-order valence-corrected chi connectivity index (χ4v) is 8.91. The number of likely N-dealkylation sites (N-methyl/N-ethyl adjacent to an activating group) is 1. The van der Waals surface area contributed by atoms with Crippen molar-refractivity contribution in [3.8, 4) is 0 Å². The van der Waals surface area contributed by atoms with Gasteiger partial charge in [0, 0.05) is 44.5 Å². The van der Waals surface area contributed by atoms with Crippen molar-refractivity contribution < 1.29 is 33.8 Å². The van der Waals surface area contributed by atoms with Gasteiger partial charge in [-0.3, -0.25) is 19.2 Å². The van der Waals surface area contributed by atoms with Crippen LogP contribution < -0.4 is 0 Å². The van der Waals surface area contributed by atoms with Crippen molar-refractivity contribution in [2.45, 2.75) is 113 Å². The van der Waals surface area contributed by atoms with Crippen LogP contribution in [0.3, 0.4) is 0 Å². The second-order valence-corrected chi connectivity index (χ2v) is 15.1. The number of carbonyl (C=O) groups is 4. The summed E-state index contributed by atoms with van der Waals surface area (Å²) >= 11 is 3.77. The normalized spacial score (nSPS) is 26.3. The number of amides is 3. The van der Waals surface area contributed by atoms with Crippen LogP contribution in [0.5, 0.6) is 0 Å². The Morgan fingerprint density at radius 3 is 2.50 bits per heavy atom. The quantitative estimate of drug-likeness (QED) is 0.0753. The number of esters is 1. The molecule has 0 saturated carbocycles. The van der Waals surface area contributed by atoms with Crippen LogP contribution in [0.25, 0.3) is 0 Å². The van der Waals surface area contributed by atoms with E-state index < -0.39 is 47.7 Å². The molecule has 0 aromatic heterocycles. The first-order valence-corrected chi connectivity index (χ1v) is 19.2. The van der Waals surface area contributed by atoms with E-state index in [1.165, 1.54) is 0 Å². The number of carbonyl (C=O) groups excluding carboxylic acids is 4. The Morgan fingerprint density at radius 1 is 1.12 bits per heavy atom. The van der Waals surface area contributed by atoms with Gasteiger partial charge >= 0.3 is 5.97 Å². The molecule has 3 amide bonds. The van der Waals surface area contributed by atoms with Crippen LogP contribution in [0.4, 0.5) is 0 Å². The van der Waals surface area contributed by atoms with Gasteiger partial charge in [-0.2, -0.15) is 0 Å². The molecule has 276 valence electrons. The van der Waals surface area contributed by atoms with Crippen molar-refractivity contribution in [2.75, 3.05) is 33.3 Å². The molecule has 3 fully saturated rings. The van der Waals surface area contributed by atoms with Crippen molar-refractivity contribution in [2.24, 2.45) is 11.8 Å². The summed E-state index contributed by atoms with van der Waals surface area (Å²) in [6, 6.07) is 7.92. The third-order valence-corrected chi connectivity index (χ3v) is 11.5. The van der Waals surface area contributed by atoms with Gasteiger partial charge in [0.05, 0.1) is 24.0 Å². The second kappa shape index (κ2) is 18.5. The van der Waals surface area contributed by atoms with Crippen molar-refractivity contribution in [1.29, 1.82) is 0 Å². The van der Waals surface area contributed by atoms with Crippen LogP contribution in [-0.4, -0.2) is 105 Å². The van der Waals surface area contributed by atoms with E-state index in [2.05, 4.69) is 36.0 Å². The number of benzene rings is 1. The lowest BCUT2D eigenvalue weighted by atomic mass is 9.70. The second-order valence-electron chi connectivity index (χ2n) is 14.0. The molecule has 3 aliphatic heterocycles. The average Bonchev–Trinajstić information content (AvgIpc) is 3.71. The van der Waals surface area contributed by atoms with Crippen LogP contribution >= 0.6 is 15.9 Å². The molecule has 4 rings (SSSR count). The molecule has 1 unspecified atom stereocenters. The SMILES string of the molecule is C=CCCC(=O)N(C)[C@H](C)[C@H](OC(=O)[C@H]1[C@@H]2O[C@@]3(CC2Br)[C@@H]1C(=O)N(CCCCCCO)[C@@H]3C(=O)N(CC=C)CCCCC)c1ccccc1. The predicted molar refractivity (Wildman–Crippen MR) is 196 cm³/mol. The summed E-state index contributed by atoms with van der Waals surface area (Å²) in [7, 11) is 1.70. The minimum atomic E-state index is -1.20. The van der Waals surface area contributed by atoms with E-state index in [1.807, 2.05) is 37.3 Å². The maximum Gasteiger partial charge on any atom is 0.313 e. The summed E-state index contributed by atoms with van der Waals surface area (Å²) < 4.78 is 13.1. The molecule has 3 heterocycles. The summed E-state index contributed by atoms with van der Waals surface area (Å²) in [6.07, 6.45) is 8.91. The minimum absolute atomic E-state index is 0.0953.